The lowest BCUT2D eigenvalue weighted by Crippen LogP contribution is -2.09. The van der Waals surface area contributed by atoms with E-state index in [-0.39, 0.29) is 5.56 Å². The topological polar surface area (TPSA) is 0 Å². The van der Waals surface area contributed by atoms with Crippen molar-refractivity contribution in [3.05, 3.63) is 54.6 Å². The number of thiophene rings is 1. The largest absolute Gasteiger partial charge is 0.416 e. The van der Waals surface area contributed by atoms with Crippen LogP contribution >= 0.6 is 11.3 Å². The number of hydrogen-bond donors (Lipinski definition) is 0. The smallest absolute Gasteiger partial charge is 0.166 e. The van der Waals surface area contributed by atoms with Crippen molar-refractivity contribution < 1.29 is 13.2 Å². The molecule has 0 aliphatic carbocycles. The molecule has 0 nitrogen and oxygen atoms in total. The lowest BCUT2D eigenvalue weighted by atomic mass is 10.0. The maximum atomic E-state index is 12.8. The first kappa shape index (κ1) is 12.2. The molecular formula is C15H9F3S. The molecule has 1 heterocycles. The molecule has 0 spiro atoms. The van der Waals surface area contributed by atoms with Crippen molar-refractivity contribution in [3.63, 3.8) is 0 Å². The summed E-state index contributed by atoms with van der Waals surface area (Å²) in [6.45, 7) is 3.20. The predicted molar refractivity (Wildman–Crippen MR) is 74.4 cm³/mol. The van der Waals surface area contributed by atoms with Gasteiger partial charge in [0.05, 0.1) is 5.57 Å². The number of rotatable bonds is 1. The van der Waals surface area contributed by atoms with E-state index in [1.54, 1.807) is 6.07 Å². The fourth-order valence-corrected chi connectivity index (χ4v) is 3.38. The molecule has 0 saturated carbocycles. The van der Waals surface area contributed by atoms with E-state index in [1.807, 2.05) is 30.3 Å². The van der Waals surface area contributed by atoms with Crippen LogP contribution in [0.15, 0.2) is 49.0 Å². The monoisotopic (exact) mass is 278 g/mol. The molecule has 0 N–H and O–H groups in total. The molecule has 4 heteroatoms. The second-order valence-electron chi connectivity index (χ2n) is 4.26. The highest BCUT2D eigenvalue weighted by Gasteiger charge is 2.34. The molecule has 0 saturated heterocycles. The zero-order valence-electron chi connectivity index (χ0n) is 9.79. The van der Waals surface area contributed by atoms with E-state index in [0.29, 0.717) is 4.70 Å². The van der Waals surface area contributed by atoms with Crippen LogP contribution < -0.4 is 0 Å². The summed E-state index contributed by atoms with van der Waals surface area (Å²) in [5.41, 5.74) is -0.615. The van der Waals surface area contributed by atoms with E-state index < -0.39 is 11.7 Å². The van der Waals surface area contributed by atoms with Crippen LogP contribution in [0.5, 0.6) is 0 Å². The molecule has 2 aromatic carbocycles. The standard InChI is InChI=1S/C15H9F3S/c1-9(15(16,17)18)10-6-4-7-12-11-5-2-3-8-13(11)19-14(10)12/h2-8H,1H2. The van der Waals surface area contributed by atoms with Gasteiger partial charge in [0.15, 0.2) is 0 Å². The van der Waals surface area contributed by atoms with Crippen LogP contribution in [0.25, 0.3) is 25.7 Å². The van der Waals surface area contributed by atoms with E-state index in [4.69, 9.17) is 0 Å². The Morgan fingerprint density at radius 2 is 1.63 bits per heavy atom. The zero-order valence-corrected chi connectivity index (χ0v) is 10.6. The van der Waals surface area contributed by atoms with Crippen molar-refractivity contribution in [3.8, 4) is 0 Å². The Bertz CT molecular complexity index is 781. The van der Waals surface area contributed by atoms with Crippen molar-refractivity contribution in [1.29, 1.82) is 0 Å². The summed E-state index contributed by atoms with van der Waals surface area (Å²) in [7, 11) is 0. The zero-order chi connectivity index (χ0) is 13.6. The fourth-order valence-electron chi connectivity index (χ4n) is 2.14. The summed E-state index contributed by atoms with van der Waals surface area (Å²) in [5.74, 6) is 0. The van der Waals surface area contributed by atoms with Gasteiger partial charge in [-0.15, -0.1) is 11.3 Å². The molecular weight excluding hydrogens is 269 g/mol. The van der Waals surface area contributed by atoms with Gasteiger partial charge in [-0.05, 0) is 6.07 Å². The molecule has 0 atom stereocenters. The molecule has 0 amide bonds. The highest BCUT2D eigenvalue weighted by atomic mass is 32.1. The van der Waals surface area contributed by atoms with Gasteiger partial charge in [0.2, 0.25) is 0 Å². The van der Waals surface area contributed by atoms with Crippen molar-refractivity contribution in [2.24, 2.45) is 0 Å². The molecule has 0 unspecified atom stereocenters. The third-order valence-corrected chi connectivity index (χ3v) is 4.29. The number of alkyl halides is 3. The normalized spacial score (nSPS) is 12.2. The molecule has 96 valence electrons. The van der Waals surface area contributed by atoms with Gasteiger partial charge in [0, 0.05) is 25.7 Å². The SMILES string of the molecule is C=C(c1cccc2c1sc1ccccc12)C(F)(F)F. The summed E-state index contributed by atoms with van der Waals surface area (Å²) in [6, 6.07) is 12.6. The lowest BCUT2D eigenvalue weighted by molar-refractivity contribution is -0.0685. The minimum Gasteiger partial charge on any atom is -0.166 e. The van der Waals surface area contributed by atoms with Crippen LogP contribution in [0.2, 0.25) is 0 Å². The van der Waals surface area contributed by atoms with Crippen LogP contribution in [0, 0.1) is 0 Å². The van der Waals surface area contributed by atoms with E-state index in [9.17, 15) is 13.2 Å². The van der Waals surface area contributed by atoms with E-state index in [0.717, 1.165) is 15.5 Å². The van der Waals surface area contributed by atoms with Gasteiger partial charge in [-0.3, -0.25) is 0 Å². The first-order valence-corrected chi connectivity index (χ1v) is 6.47. The van der Waals surface area contributed by atoms with Crippen molar-refractivity contribution in [1.82, 2.24) is 0 Å². The maximum absolute atomic E-state index is 12.8. The van der Waals surface area contributed by atoms with Gasteiger partial charge in [-0.25, -0.2) is 0 Å². The number of allylic oxidation sites excluding steroid dienone is 1. The van der Waals surface area contributed by atoms with Gasteiger partial charge >= 0.3 is 6.18 Å². The number of halogens is 3. The summed E-state index contributed by atoms with van der Waals surface area (Å²) in [5, 5.41) is 1.84. The van der Waals surface area contributed by atoms with Gasteiger partial charge in [-0.2, -0.15) is 13.2 Å². The lowest BCUT2D eigenvalue weighted by Gasteiger charge is -2.10. The highest BCUT2D eigenvalue weighted by molar-refractivity contribution is 7.26. The average molecular weight is 278 g/mol. The minimum atomic E-state index is -4.40. The quantitative estimate of drug-likeness (QED) is 0.541. The molecule has 19 heavy (non-hydrogen) atoms. The molecule has 0 radical (unpaired) electrons. The Morgan fingerprint density at radius 3 is 2.37 bits per heavy atom. The van der Waals surface area contributed by atoms with Crippen LogP contribution in [0.1, 0.15) is 5.56 Å². The predicted octanol–water partition coefficient (Wildman–Crippen LogP) is 5.63. The second kappa shape index (κ2) is 4.10. The fraction of sp³-hybridized carbons (Fsp3) is 0.0667. The second-order valence-corrected chi connectivity index (χ2v) is 5.31. The minimum absolute atomic E-state index is 0.172. The summed E-state index contributed by atoms with van der Waals surface area (Å²) >= 11 is 1.37. The molecule has 0 fully saturated rings. The first-order valence-electron chi connectivity index (χ1n) is 5.65. The molecule has 1 aromatic heterocycles. The van der Waals surface area contributed by atoms with E-state index in [2.05, 4.69) is 6.58 Å². The van der Waals surface area contributed by atoms with Crippen LogP contribution in [0.3, 0.4) is 0 Å². The maximum Gasteiger partial charge on any atom is 0.416 e. The third-order valence-electron chi connectivity index (χ3n) is 3.07. The van der Waals surface area contributed by atoms with Crippen molar-refractivity contribution in [2.45, 2.75) is 6.18 Å². The van der Waals surface area contributed by atoms with Gasteiger partial charge in [-0.1, -0.05) is 43.0 Å². The Morgan fingerprint density at radius 1 is 0.947 bits per heavy atom. The van der Waals surface area contributed by atoms with Gasteiger partial charge < -0.3 is 0 Å². The summed E-state index contributed by atoms with van der Waals surface area (Å²) in [6.07, 6.45) is -4.40. The van der Waals surface area contributed by atoms with Crippen LogP contribution in [-0.4, -0.2) is 6.18 Å². The van der Waals surface area contributed by atoms with Crippen LogP contribution in [0.4, 0.5) is 13.2 Å². The Kier molecular flexibility index (Phi) is 2.64. The Balaban J connectivity index is 2.36. The Hall–Kier alpha value is -1.81. The van der Waals surface area contributed by atoms with Crippen LogP contribution in [-0.2, 0) is 0 Å². The summed E-state index contributed by atoms with van der Waals surface area (Å²) in [4.78, 5) is 0. The van der Waals surface area contributed by atoms with E-state index in [1.165, 1.54) is 17.4 Å². The van der Waals surface area contributed by atoms with Crippen molar-refractivity contribution in [2.75, 3.05) is 0 Å². The van der Waals surface area contributed by atoms with Crippen molar-refractivity contribution >= 4 is 37.1 Å². The van der Waals surface area contributed by atoms with Gasteiger partial charge in [0.1, 0.15) is 0 Å². The molecule has 0 aliphatic rings. The average Bonchev–Trinajstić information content (AvgIpc) is 2.75. The molecule has 3 aromatic rings. The number of benzene rings is 2. The molecule has 0 aliphatic heterocycles. The third kappa shape index (κ3) is 1.92. The first-order chi connectivity index (χ1) is 8.98. The van der Waals surface area contributed by atoms with E-state index >= 15 is 0 Å². The highest BCUT2D eigenvalue weighted by Crippen LogP contribution is 2.41. The number of hydrogen-bond acceptors (Lipinski definition) is 1. The molecule has 3 rings (SSSR count). The Labute approximate surface area is 111 Å². The van der Waals surface area contributed by atoms with Gasteiger partial charge in [0.25, 0.3) is 0 Å². The molecule has 0 bridgehead atoms. The number of fused-ring (bicyclic) bond motifs is 3. The summed E-state index contributed by atoms with van der Waals surface area (Å²) < 4.78 is 40.1.